The summed E-state index contributed by atoms with van der Waals surface area (Å²) in [6.45, 7) is 0. The van der Waals surface area contributed by atoms with E-state index in [1.807, 2.05) is 59.4 Å². The monoisotopic (exact) mass is 380 g/mol. The van der Waals surface area contributed by atoms with Gasteiger partial charge in [-0.25, -0.2) is 4.68 Å². The van der Waals surface area contributed by atoms with Gasteiger partial charge in [-0.2, -0.15) is 5.10 Å². The minimum Gasteiger partial charge on any atom is -0.241 e. The molecule has 106 valence electrons. The average Bonchev–Trinajstić information content (AvgIpc) is 3.00. The number of halogens is 3. The zero-order valence-electron chi connectivity index (χ0n) is 10.9. The van der Waals surface area contributed by atoms with Crippen LogP contribution >= 0.6 is 39.1 Å². The predicted molar refractivity (Wildman–Crippen MR) is 90.4 cm³/mol. The van der Waals surface area contributed by atoms with Gasteiger partial charge in [0.25, 0.3) is 0 Å². The molecule has 3 rings (SSSR count). The SMILES string of the molecule is Clc1ccc(Br)c(C(Cl)c2cnn(-c3ccccc3)c2)c1. The van der Waals surface area contributed by atoms with E-state index in [1.165, 1.54) is 0 Å². The zero-order valence-corrected chi connectivity index (χ0v) is 14.0. The van der Waals surface area contributed by atoms with E-state index in [-0.39, 0.29) is 5.38 Å². The molecule has 0 radical (unpaired) electrons. The highest BCUT2D eigenvalue weighted by Gasteiger charge is 2.16. The van der Waals surface area contributed by atoms with E-state index in [0.717, 1.165) is 21.3 Å². The Morgan fingerprint density at radius 2 is 1.86 bits per heavy atom. The fraction of sp³-hybridized carbons (Fsp3) is 0.0625. The van der Waals surface area contributed by atoms with Crippen LogP contribution in [0, 0.1) is 0 Å². The molecule has 0 fully saturated rings. The third-order valence-electron chi connectivity index (χ3n) is 3.15. The van der Waals surface area contributed by atoms with Crippen molar-refractivity contribution in [2.75, 3.05) is 0 Å². The van der Waals surface area contributed by atoms with Gasteiger partial charge in [0.05, 0.1) is 17.3 Å². The lowest BCUT2D eigenvalue weighted by atomic mass is 10.1. The van der Waals surface area contributed by atoms with Gasteiger partial charge in [0.15, 0.2) is 0 Å². The lowest BCUT2D eigenvalue weighted by Gasteiger charge is -2.10. The molecule has 0 amide bonds. The Hall–Kier alpha value is -1.29. The van der Waals surface area contributed by atoms with Gasteiger partial charge in [-0.1, -0.05) is 45.7 Å². The smallest absolute Gasteiger partial charge is 0.0877 e. The number of para-hydroxylation sites is 1. The molecule has 2 aromatic carbocycles. The van der Waals surface area contributed by atoms with Crippen molar-refractivity contribution in [3.05, 3.63) is 81.5 Å². The van der Waals surface area contributed by atoms with Crippen molar-refractivity contribution in [1.82, 2.24) is 9.78 Å². The van der Waals surface area contributed by atoms with Gasteiger partial charge in [-0.05, 0) is 35.9 Å². The summed E-state index contributed by atoms with van der Waals surface area (Å²) in [4.78, 5) is 0. The molecule has 2 nitrogen and oxygen atoms in total. The van der Waals surface area contributed by atoms with Crippen LogP contribution < -0.4 is 0 Å². The Bertz CT molecular complexity index is 756. The highest BCUT2D eigenvalue weighted by molar-refractivity contribution is 9.10. The molecule has 0 aliphatic carbocycles. The summed E-state index contributed by atoms with van der Waals surface area (Å²) in [6, 6.07) is 15.5. The van der Waals surface area contributed by atoms with E-state index in [2.05, 4.69) is 21.0 Å². The average molecular weight is 382 g/mol. The van der Waals surface area contributed by atoms with Crippen molar-refractivity contribution in [2.24, 2.45) is 0 Å². The van der Waals surface area contributed by atoms with Gasteiger partial charge in [-0.15, -0.1) is 11.6 Å². The van der Waals surface area contributed by atoms with E-state index in [1.54, 1.807) is 6.20 Å². The molecule has 0 aliphatic heterocycles. The zero-order chi connectivity index (χ0) is 14.8. The van der Waals surface area contributed by atoms with E-state index < -0.39 is 0 Å². The van der Waals surface area contributed by atoms with E-state index in [4.69, 9.17) is 23.2 Å². The fourth-order valence-electron chi connectivity index (χ4n) is 2.08. The summed E-state index contributed by atoms with van der Waals surface area (Å²) in [5, 5.41) is 4.72. The Labute approximate surface area is 141 Å². The van der Waals surface area contributed by atoms with Crippen LogP contribution in [-0.2, 0) is 0 Å². The summed E-state index contributed by atoms with van der Waals surface area (Å²) < 4.78 is 2.74. The van der Waals surface area contributed by atoms with Gasteiger partial charge >= 0.3 is 0 Å². The number of hydrogen-bond donors (Lipinski definition) is 0. The van der Waals surface area contributed by atoms with Crippen LogP contribution in [0.15, 0.2) is 65.4 Å². The predicted octanol–water partition coefficient (Wildman–Crippen LogP) is 5.62. The Morgan fingerprint density at radius 3 is 2.62 bits per heavy atom. The number of rotatable bonds is 3. The molecule has 0 aliphatic rings. The highest BCUT2D eigenvalue weighted by Crippen LogP contribution is 2.35. The van der Waals surface area contributed by atoms with Crippen LogP contribution in [0.25, 0.3) is 5.69 Å². The first-order chi connectivity index (χ1) is 10.1. The van der Waals surface area contributed by atoms with Crippen molar-refractivity contribution in [3.8, 4) is 5.69 Å². The van der Waals surface area contributed by atoms with Gasteiger partial charge in [-0.3, -0.25) is 0 Å². The number of aromatic nitrogens is 2. The van der Waals surface area contributed by atoms with Crippen LogP contribution in [0.5, 0.6) is 0 Å². The third kappa shape index (κ3) is 3.15. The summed E-state index contributed by atoms with van der Waals surface area (Å²) >= 11 is 16.1. The molecule has 1 unspecified atom stereocenters. The molecule has 0 bridgehead atoms. The molecule has 0 N–H and O–H groups in total. The summed E-state index contributed by atoms with van der Waals surface area (Å²) in [5.74, 6) is 0. The Balaban J connectivity index is 1.94. The maximum Gasteiger partial charge on any atom is 0.0877 e. The number of alkyl halides is 1. The van der Waals surface area contributed by atoms with Crippen LogP contribution in [0.4, 0.5) is 0 Å². The molecule has 5 heteroatoms. The first-order valence-electron chi connectivity index (χ1n) is 6.34. The molecule has 3 aromatic rings. The van der Waals surface area contributed by atoms with Crippen LogP contribution in [-0.4, -0.2) is 9.78 Å². The lowest BCUT2D eigenvalue weighted by molar-refractivity contribution is 0.880. The van der Waals surface area contributed by atoms with E-state index in [9.17, 15) is 0 Å². The van der Waals surface area contributed by atoms with Crippen molar-refractivity contribution >= 4 is 39.1 Å². The number of benzene rings is 2. The van der Waals surface area contributed by atoms with E-state index >= 15 is 0 Å². The first-order valence-corrected chi connectivity index (χ1v) is 7.95. The molecular formula is C16H11BrCl2N2. The van der Waals surface area contributed by atoms with Crippen LogP contribution in [0.3, 0.4) is 0 Å². The summed E-state index contributed by atoms with van der Waals surface area (Å²) in [7, 11) is 0. The third-order valence-corrected chi connectivity index (χ3v) is 4.59. The topological polar surface area (TPSA) is 17.8 Å². The second-order valence-corrected chi connectivity index (χ2v) is 6.31. The standard InChI is InChI=1S/C16H11BrCl2N2/c17-15-7-6-12(18)8-14(15)16(19)11-9-20-21(10-11)13-4-2-1-3-5-13/h1-10,16H. The summed E-state index contributed by atoms with van der Waals surface area (Å²) in [5.41, 5.74) is 2.85. The normalized spacial score (nSPS) is 12.3. The van der Waals surface area contributed by atoms with Gasteiger partial charge in [0, 0.05) is 21.3 Å². The van der Waals surface area contributed by atoms with Crippen molar-refractivity contribution in [1.29, 1.82) is 0 Å². The Kier molecular flexibility index (Phi) is 4.34. The minimum absolute atomic E-state index is 0.310. The molecule has 0 saturated carbocycles. The maximum atomic E-state index is 6.57. The molecule has 21 heavy (non-hydrogen) atoms. The van der Waals surface area contributed by atoms with Gasteiger partial charge in [0.1, 0.15) is 0 Å². The Morgan fingerprint density at radius 1 is 1.10 bits per heavy atom. The second-order valence-electron chi connectivity index (χ2n) is 4.58. The maximum absolute atomic E-state index is 6.57. The lowest BCUT2D eigenvalue weighted by Crippen LogP contribution is -1.95. The van der Waals surface area contributed by atoms with Crippen LogP contribution in [0.2, 0.25) is 5.02 Å². The highest BCUT2D eigenvalue weighted by atomic mass is 79.9. The summed E-state index contributed by atoms with van der Waals surface area (Å²) in [6.07, 6.45) is 3.71. The molecule has 0 saturated heterocycles. The second kappa shape index (κ2) is 6.22. The molecule has 1 heterocycles. The van der Waals surface area contributed by atoms with Gasteiger partial charge in [0.2, 0.25) is 0 Å². The molecular weight excluding hydrogens is 371 g/mol. The minimum atomic E-state index is -0.310. The van der Waals surface area contributed by atoms with Crippen molar-refractivity contribution < 1.29 is 0 Å². The molecule has 1 atom stereocenters. The van der Waals surface area contributed by atoms with Crippen LogP contribution in [0.1, 0.15) is 16.5 Å². The molecule has 0 spiro atoms. The van der Waals surface area contributed by atoms with E-state index in [0.29, 0.717) is 5.02 Å². The largest absolute Gasteiger partial charge is 0.241 e. The van der Waals surface area contributed by atoms with Gasteiger partial charge < -0.3 is 0 Å². The first kappa shape index (κ1) is 14.6. The molecule has 1 aromatic heterocycles. The quantitative estimate of drug-likeness (QED) is 0.538. The number of hydrogen-bond acceptors (Lipinski definition) is 1. The van der Waals surface area contributed by atoms with Crippen molar-refractivity contribution in [3.63, 3.8) is 0 Å². The number of nitrogens with zero attached hydrogens (tertiary/aromatic N) is 2. The fourth-order valence-corrected chi connectivity index (χ4v) is 3.16. The van der Waals surface area contributed by atoms with Crippen molar-refractivity contribution in [2.45, 2.75) is 5.38 Å².